The number of hydrogen-bond donors (Lipinski definition) is 1. The van der Waals surface area contributed by atoms with E-state index < -0.39 is 0 Å². The largest absolute Gasteiger partial charge is 0.493 e. The molecular weight excluding hydrogens is 197 g/mol. The van der Waals surface area contributed by atoms with E-state index >= 15 is 0 Å². The zero-order chi connectivity index (χ0) is 11.3. The monoisotopic (exact) mass is 213 g/mol. The molecule has 0 saturated heterocycles. The van der Waals surface area contributed by atoms with Crippen molar-refractivity contribution in [2.45, 2.75) is 13.0 Å². The average molecular weight is 213 g/mol. The lowest BCUT2D eigenvalue weighted by Gasteiger charge is -2.11. The molecule has 0 aliphatic heterocycles. The predicted molar refractivity (Wildman–Crippen MR) is 56.4 cm³/mol. The summed E-state index contributed by atoms with van der Waals surface area (Å²) in [6.07, 6.45) is 0.605. The third-order valence-electron chi connectivity index (χ3n) is 2.18. The molecule has 0 aliphatic rings. The molecule has 0 atom stereocenters. The zero-order valence-corrected chi connectivity index (χ0v) is 9.05. The van der Waals surface area contributed by atoms with Crippen LogP contribution in [-0.2, 0) is 17.8 Å². The Hall–Kier alpha value is -1.13. The number of benzene rings is 1. The van der Waals surface area contributed by atoms with Crippen LogP contribution in [-0.4, -0.2) is 20.8 Å². The van der Waals surface area contributed by atoms with Crippen molar-refractivity contribution in [3.63, 3.8) is 0 Å². The van der Waals surface area contributed by atoms with Crippen molar-refractivity contribution < 1.29 is 13.9 Å². The van der Waals surface area contributed by atoms with Gasteiger partial charge in [0.1, 0.15) is 0 Å². The zero-order valence-electron chi connectivity index (χ0n) is 9.05. The Morgan fingerprint density at radius 1 is 1.27 bits per heavy atom. The number of hydrogen-bond acceptors (Lipinski definition) is 3. The fraction of sp³-hybridized carbons (Fsp3) is 0.455. The van der Waals surface area contributed by atoms with E-state index in [9.17, 15) is 4.39 Å². The van der Waals surface area contributed by atoms with Gasteiger partial charge in [-0.2, -0.15) is 0 Å². The van der Waals surface area contributed by atoms with Gasteiger partial charge in [-0.05, 0) is 18.5 Å². The minimum atomic E-state index is -0.356. The summed E-state index contributed by atoms with van der Waals surface area (Å²) in [4.78, 5) is 0. The lowest BCUT2D eigenvalue weighted by atomic mass is 10.1. The molecule has 1 aromatic rings. The highest BCUT2D eigenvalue weighted by atomic mass is 19.1. The highest BCUT2D eigenvalue weighted by molar-refractivity contribution is 5.39. The summed E-state index contributed by atoms with van der Waals surface area (Å²) in [5.41, 5.74) is 6.71. The van der Waals surface area contributed by atoms with E-state index in [-0.39, 0.29) is 18.2 Å². The molecule has 0 aromatic heterocycles. The van der Waals surface area contributed by atoms with Gasteiger partial charge in [-0.25, -0.2) is 4.39 Å². The van der Waals surface area contributed by atoms with Gasteiger partial charge >= 0.3 is 0 Å². The smallest absolute Gasteiger partial charge is 0.170 e. The molecule has 0 radical (unpaired) electrons. The number of methoxy groups -OCH3 is 2. The third kappa shape index (κ3) is 2.67. The van der Waals surface area contributed by atoms with Gasteiger partial charge in [-0.15, -0.1) is 0 Å². The molecule has 15 heavy (non-hydrogen) atoms. The first-order valence-electron chi connectivity index (χ1n) is 4.77. The molecule has 2 N–H and O–H groups in total. The van der Waals surface area contributed by atoms with Crippen LogP contribution < -0.4 is 10.5 Å². The number of halogens is 1. The minimum Gasteiger partial charge on any atom is -0.493 e. The first kappa shape index (κ1) is 11.9. The summed E-state index contributed by atoms with van der Waals surface area (Å²) in [5.74, 6) is -0.0831. The number of ether oxygens (including phenoxy) is 2. The quantitative estimate of drug-likeness (QED) is 0.805. The van der Waals surface area contributed by atoms with Crippen LogP contribution in [0.1, 0.15) is 11.1 Å². The maximum absolute atomic E-state index is 13.8. The molecule has 0 saturated carbocycles. The number of rotatable bonds is 5. The van der Waals surface area contributed by atoms with E-state index in [4.69, 9.17) is 15.2 Å². The Labute approximate surface area is 89.0 Å². The Morgan fingerprint density at radius 2 is 1.93 bits per heavy atom. The second-order valence-electron chi connectivity index (χ2n) is 3.20. The highest BCUT2D eigenvalue weighted by Crippen LogP contribution is 2.26. The molecule has 0 fully saturated rings. The highest BCUT2D eigenvalue weighted by Gasteiger charge is 2.13. The molecule has 0 unspecified atom stereocenters. The summed E-state index contributed by atoms with van der Waals surface area (Å²) >= 11 is 0. The predicted octanol–water partition coefficient (Wildman–Crippen LogP) is 1.48. The fourth-order valence-corrected chi connectivity index (χ4v) is 1.48. The Kier molecular flexibility index (Phi) is 4.52. The van der Waals surface area contributed by atoms with Crippen molar-refractivity contribution in [2.75, 3.05) is 20.8 Å². The SMILES string of the molecule is COCc1ccc(CCN)c(OC)c1F. The maximum Gasteiger partial charge on any atom is 0.170 e. The summed E-state index contributed by atoms with van der Waals surface area (Å²) < 4.78 is 23.7. The van der Waals surface area contributed by atoms with E-state index in [1.165, 1.54) is 14.2 Å². The average Bonchev–Trinajstić information content (AvgIpc) is 2.23. The summed E-state index contributed by atoms with van der Waals surface area (Å²) in [7, 11) is 2.98. The summed E-state index contributed by atoms with van der Waals surface area (Å²) in [6, 6.07) is 3.52. The molecule has 0 amide bonds. The van der Waals surface area contributed by atoms with Crippen LogP contribution >= 0.6 is 0 Å². The second-order valence-corrected chi connectivity index (χ2v) is 3.20. The van der Waals surface area contributed by atoms with Gasteiger partial charge in [0.2, 0.25) is 0 Å². The van der Waals surface area contributed by atoms with Gasteiger partial charge in [-0.1, -0.05) is 12.1 Å². The minimum absolute atomic E-state index is 0.241. The van der Waals surface area contributed by atoms with Gasteiger partial charge in [-0.3, -0.25) is 0 Å². The summed E-state index contributed by atoms with van der Waals surface area (Å²) in [6.45, 7) is 0.713. The fourth-order valence-electron chi connectivity index (χ4n) is 1.48. The van der Waals surface area contributed by atoms with E-state index in [1.54, 1.807) is 6.07 Å². The van der Waals surface area contributed by atoms with Gasteiger partial charge in [0.25, 0.3) is 0 Å². The Balaban J connectivity index is 3.08. The van der Waals surface area contributed by atoms with Crippen LogP contribution in [0.15, 0.2) is 12.1 Å². The van der Waals surface area contributed by atoms with Gasteiger partial charge in [0.05, 0.1) is 13.7 Å². The third-order valence-corrected chi connectivity index (χ3v) is 2.18. The van der Waals surface area contributed by atoms with E-state index in [2.05, 4.69) is 0 Å². The summed E-state index contributed by atoms with van der Waals surface area (Å²) in [5, 5.41) is 0. The first-order chi connectivity index (χ1) is 7.24. The van der Waals surface area contributed by atoms with Crippen LogP contribution in [0.5, 0.6) is 5.75 Å². The van der Waals surface area contributed by atoms with Crippen LogP contribution in [0, 0.1) is 5.82 Å². The van der Waals surface area contributed by atoms with Crippen molar-refractivity contribution in [2.24, 2.45) is 5.73 Å². The van der Waals surface area contributed by atoms with Crippen molar-refractivity contribution in [3.8, 4) is 5.75 Å². The van der Waals surface area contributed by atoms with E-state index in [0.717, 1.165) is 5.56 Å². The Bertz CT molecular complexity index is 329. The molecule has 84 valence electrons. The molecule has 0 heterocycles. The molecule has 0 aliphatic carbocycles. The van der Waals surface area contributed by atoms with Crippen LogP contribution in [0.25, 0.3) is 0 Å². The van der Waals surface area contributed by atoms with Crippen molar-refractivity contribution >= 4 is 0 Å². The van der Waals surface area contributed by atoms with Crippen molar-refractivity contribution in [1.29, 1.82) is 0 Å². The van der Waals surface area contributed by atoms with Crippen LogP contribution in [0.4, 0.5) is 4.39 Å². The molecule has 1 aromatic carbocycles. The second kappa shape index (κ2) is 5.68. The van der Waals surface area contributed by atoms with E-state index in [0.29, 0.717) is 18.5 Å². The molecule has 0 bridgehead atoms. The molecular formula is C11H16FNO2. The van der Waals surface area contributed by atoms with Gasteiger partial charge < -0.3 is 15.2 Å². The van der Waals surface area contributed by atoms with Crippen molar-refractivity contribution in [1.82, 2.24) is 0 Å². The standard InChI is InChI=1S/C11H16FNO2/c1-14-7-9-4-3-8(5-6-13)11(15-2)10(9)12/h3-4H,5-7,13H2,1-2H3. The van der Waals surface area contributed by atoms with Gasteiger partial charge in [0, 0.05) is 12.7 Å². The molecule has 1 rings (SSSR count). The topological polar surface area (TPSA) is 44.5 Å². The Morgan fingerprint density at radius 3 is 2.47 bits per heavy atom. The molecule has 0 spiro atoms. The van der Waals surface area contributed by atoms with Crippen LogP contribution in [0.3, 0.4) is 0 Å². The van der Waals surface area contributed by atoms with Crippen LogP contribution in [0.2, 0.25) is 0 Å². The lowest BCUT2D eigenvalue weighted by molar-refractivity contribution is 0.180. The normalized spacial score (nSPS) is 10.4. The van der Waals surface area contributed by atoms with Crippen molar-refractivity contribution in [3.05, 3.63) is 29.1 Å². The van der Waals surface area contributed by atoms with E-state index in [1.807, 2.05) is 6.07 Å². The first-order valence-corrected chi connectivity index (χ1v) is 4.77. The maximum atomic E-state index is 13.8. The van der Waals surface area contributed by atoms with Gasteiger partial charge in [0.15, 0.2) is 11.6 Å². The number of nitrogens with two attached hydrogens (primary N) is 1. The molecule has 3 nitrogen and oxygen atoms in total. The lowest BCUT2D eigenvalue weighted by Crippen LogP contribution is -2.06. The molecule has 4 heteroatoms.